The normalized spacial score (nSPS) is 17.0. The van der Waals surface area contributed by atoms with Crippen LogP contribution in [0.3, 0.4) is 0 Å². The van der Waals surface area contributed by atoms with Crippen LogP contribution in [-0.4, -0.2) is 47.0 Å². The molecule has 30 heavy (non-hydrogen) atoms. The highest BCUT2D eigenvalue weighted by Gasteiger charge is 2.24. The molecule has 0 fully saturated rings. The maximum absolute atomic E-state index is 5.39. The molecule has 0 amide bonds. The standard InChI is InChI=1S/C23H36N6O/c1-7-24-22(25-15-23(4,5)17-9-8-10-19(13-17)30-6)26-18-11-12-20-27-21(16(2)3)28-29(20)14-18/h8-10,13,16,18H,7,11-12,14-15H2,1-6H3,(H2,24,25,26). The summed E-state index contributed by atoms with van der Waals surface area (Å²) in [5, 5.41) is 11.7. The first-order valence-corrected chi connectivity index (χ1v) is 11.0. The Balaban J connectivity index is 1.68. The third-order valence-electron chi connectivity index (χ3n) is 5.56. The lowest BCUT2D eigenvalue weighted by molar-refractivity contribution is 0.391. The van der Waals surface area contributed by atoms with Crippen molar-refractivity contribution in [1.82, 2.24) is 25.4 Å². The first kappa shape index (κ1) is 22.1. The molecule has 1 aliphatic rings. The van der Waals surface area contributed by atoms with Crippen molar-refractivity contribution in [3.05, 3.63) is 41.5 Å². The minimum atomic E-state index is -0.102. The molecule has 0 spiro atoms. The Labute approximate surface area is 180 Å². The lowest BCUT2D eigenvalue weighted by Crippen LogP contribution is -2.47. The number of aromatic nitrogens is 3. The summed E-state index contributed by atoms with van der Waals surface area (Å²) in [5.74, 6) is 4.11. The van der Waals surface area contributed by atoms with Crippen molar-refractivity contribution in [2.24, 2.45) is 4.99 Å². The zero-order valence-electron chi connectivity index (χ0n) is 19.2. The maximum atomic E-state index is 5.39. The molecule has 1 unspecified atom stereocenters. The molecule has 0 saturated heterocycles. The molecule has 3 rings (SSSR count). The van der Waals surface area contributed by atoms with Crippen molar-refractivity contribution in [3.8, 4) is 5.75 Å². The fourth-order valence-corrected chi connectivity index (χ4v) is 3.62. The van der Waals surface area contributed by atoms with E-state index >= 15 is 0 Å². The number of hydrogen-bond acceptors (Lipinski definition) is 4. The number of aryl methyl sites for hydroxylation is 1. The van der Waals surface area contributed by atoms with Gasteiger partial charge in [0.2, 0.25) is 0 Å². The van der Waals surface area contributed by atoms with Crippen LogP contribution in [0.5, 0.6) is 5.75 Å². The number of methoxy groups -OCH3 is 1. The fourth-order valence-electron chi connectivity index (χ4n) is 3.62. The first-order chi connectivity index (χ1) is 14.3. The lowest BCUT2D eigenvalue weighted by atomic mass is 9.84. The van der Waals surface area contributed by atoms with Crippen molar-refractivity contribution in [2.75, 3.05) is 20.2 Å². The van der Waals surface area contributed by atoms with Crippen LogP contribution in [0.25, 0.3) is 0 Å². The summed E-state index contributed by atoms with van der Waals surface area (Å²) in [4.78, 5) is 9.59. The second-order valence-electron chi connectivity index (χ2n) is 8.91. The molecule has 0 bridgehead atoms. The molecule has 7 heteroatoms. The third kappa shape index (κ3) is 5.32. The fraction of sp³-hybridized carbons (Fsp3) is 0.609. The summed E-state index contributed by atoms with van der Waals surface area (Å²) in [6.07, 6.45) is 1.96. The Morgan fingerprint density at radius 3 is 2.87 bits per heavy atom. The van der Waals surface area contributed by atoms with Crippen LogP contribution in [0, 0.1) is 0 Å². The topological polar surface area (TPSA) is 76.4 Å². The summed E-state index contributed by atoms with van der Waals surface area (Å²) in [5.41, 5.74) is 1.11. The SMILES string of the molecule is CCNC(=NCC(C)(C)c1cccc(OC)c1)NC1CCc2nc(C(C)C)nn2C1. The van der Waals surface area contributed by atoms with Gasteiger partial charge < -0.3 is 15.4 Å². The number of nitrogens with one attached hydrogen (secondary N) is 2. The van der Waals surface area contributed by atoms with E-state index in [2.05, 4.69) is 72.1 Å². The van der Waals surface area contributed by atoms with Gasteiger partial charge in [-0.1, -0.05) is 39.8 Å². The van der Waals surface area contributed by atoms with Gasteiger partial charge in [-0.15, -0.1) is 0 Å². The van der Waals surface area contributed by atoms with Gasteiger partial charge >= 0.3 is 0 Å². The van der Waals surface area contributed by atoms with Crippen molar-refractivity contribution < 1.29 is 4.74 Å². The number of hydrogen-bond donors (Lipinski definition) is 2. The van der Waals surface area contributed by atoms with E-state index in [1.807, 2.05) is 12.1 Å². The summed E-state index contributed by atoms with van der Waals surface area (Å²) < 4.78 is 7.44. The van der Waals surface area contributed by atoms with Gasteiger partial charge in [0.1, 0.15) is 11.6 Å². The molecule has 1 aliphatic heterocycles. The summed E-state index contributed by atoms with van der Waals surface area (Å²) >= 11 is 0. The largest absolute Gasteiger partial charge is 0.497 e. The summed E-state index contributed by atoms with van der Waals surface area (Å²) in [7, 11) is 1.70. The minimum Gasteiger partial charge on any atom is -0.497 e. The van der Waals surface area contributed by atoms with E-state index in [4.69, 9.17) is 9.73 Å². The molecule has 1 aromatic carbocycles. The number of guanidine groups is 1. The molecule has 7 nitrogen and oxygen atoms in total. The third-order valence-corrected chi connectivity index (χ3v) is 5.56. The van der Waals surface area contributed by atoms with E-state index in [0.717, 1.165) is 49.3 Å². The second-order valence-corrected chi connectivity index (χ2v) is 8.91. The van der Waals surface area contributed by atoms with E-state index < -0.39 is 0 Å². The van der Waals surface area contributed by atoms with Gasteiger partial charge in [0.15, 0.2) is 11.8 Å². The van der Waals surface area contributed by atoms with Crippen molar-refractivity contribution in [1.29, 1.82) is 0 Å². The molecule has 1 aromatic heterocycles. The van der Waals surface area contributed by atoms with Crippen LogP contribution in [0.2, 0.25) is 0 Å². The predicted molar refractivity (Wildman–Crippen MR) is 121 cm³/mol. The van der Waals surface area contributed by atoms with Crippen LogP contribution in [0.15, 0.2) is 29.3 Å². The van der Waals surface area contributed by atoms with Gasteiger partial charge in [-0.2, -0.15) is 5.10 Å². The Morgan fingerprint density at radius 2 is 2.17 bits per heavy atom. The number of benzene rings is 1. The van der Waals surface area contributed by atoms with E-state index in [1.165, 1.54) is 5.56 Å². The highest BCUT2D eigenvalue weighted by molar-refractivity contribution is 5.80. The zero-order valence-corrected chi connectivity index (χ0v) is 19.2. The summed E-state index contributed by atoms with van der Waals surface area (Å²) in [6.45, 7) is 13.1. The highest BCUT2D eigenvalue weighted by Crippen LogP contribution is 2.26. The van der Waals surface area contributed by atoms with Gasteiger partial charge in [-0.25, -0.2) is 9.67 Å². The predicted octanol–water partition coefficient (Wildman–Crippen LogP) is 3.26. The molecule has 2 heterocycles. The number of nitrogens with zero attached hydrogens (tertiary/aromatic N) is 4. The average Bonchev–Trinajstić information content (AvgIpc) is 3.16. The zero-order chi connectivity index (χ0) is 21.7. The van der Waals surface area contributed by atoms with Gasteiger partial charge in [0, 0.05) is 30.3 Å². The Kier molecular flexibility index (Phi) is 7.00. The van der Waals surface area contributed by atoms with E-state index in [1.54, 1.807) is 7.11 Å². The molecule has 0 saturated carbocycles. The molecule has 2 N–H and O–H groups in total. The first-order valence-electron chi connectivity index (χ1n) is 11.0. The molecular weight excluding hydrogens is 376 g/mol. The Bertz CT molecular complexity index is 870. The average molecular weight is 413 g/mol. The van der Waals surface area contributed by atoms with E-state index in [-0.39, 0.29) is 11.5 Å². The van der Waals surface area contributed by atoms with Gasteiger partial charge in [-0.3, -0.25) is 4.99 Å². The van der Waals surface area contributed by atoms with Crippen LogP contribution < -0.4 is 15.4 Å². The van der Waals surface area contributed by atoms with Crippen molar-refractivity contribution in [3.63, 3.8) is 0 Å². The smallest absolute Gasteiger partial charge is 0.191 e. The second kappa shape index (κ2) is 9.49. The number of rotatable bonds is 7. The van der Waals surface area contributed by atoms with Gasteiger partial charge in [0.25, 0.3) is 0 Å². The van der Waals surface area contributed by atoms with Gasteiger partial charge in [0.05, 0.1) is 20.2 Å². The lowest BCUT2D eigenvalue weighted by Gasteiger charge is -2.27. The minimum absolute atomic E-state index is 0.102. The van der Waals surface area contributed by atoms with Crippen molar-refractivity contribution >= 4 is 5.96 Å². The number of aliphatic imine (C=N–C) groups is 1. The molecule has 1 atom stereocenters. The van der Waals surface area contributed by atoms with Crippen LogP contribution in [0.4, 0.5) is 0 Å². The number of fused-ring (bicyclic) bond motifs is 1. The van der Waals surface area contributed by atoms with E-state index in [0.29, 0.717) is 12.5 Å². The van der Waals surface area contributed by atoms with Crippen molar-refractivity contribution in [2.45, 2.75) is 71.4 Å². The molecule has 2 aromatic rings. The van der Waals surface area contributed by atoms with Crippen LogP contribution in [0.1, 0.15) is 64.2 Å². The van der Waals surface area contributed by atoms with Crippen LogP contribution >= 0.6 is 0 Å². The van der Waals surface area contributed by atoms with E-state index in [9.17, 15) is 0 Å². The van der Waals surface area contributed by atoms with Gasteiger partial charge in [-0.05, 0) is 31.0 Å². The highest BCUT2D eigenvalue weighted by atomic mass is 16.5. The number of ether oxygens (including phenoxy) is 1. The Hall–Kier alpha value is -2.57. The van der Waals surface area contributed by atoms with Crippen LogP contribution in [-0.2, 0) is 18.4 Å². The molecule has 0 aliphatic carbocycles. The maximum Gasteiger partial charge on any atom is 0.191 e. The molecular formula is C23H36N6O. The summed E-state index contributed by atoms with van der Waals surface area (Å²) in [6, 6.07) is 8.53. The Morgan fingerprint density at radius 1 is 1.37 bits per heavy atom. The molecule has 0 radical (unpaired) electrons. The quantitative estimate of drug-likeness (QED) is 0.539. The molecule has 164 valence electrons. The monoisotopic (exact) mass is 412 g/mol.